The van der Waals surface area contributed by atoms with Crippen molar-refractivity contribution in [1.82, 2.24) is 4.72 Å². The molecule has 1 atom stereocenters. The Balaban J connectivity index is 2.66. The molecule has 0 aliphatic rings. The van der Waals surface area contributed by atoms with E-state index in [-0.39, 0.29) is 6.54 Å². The molecule has 0 saturated heterocycles. The Labute approximate surface area is 94.9 Å². The minimum atomic E-state index is -3.56. The molecular weight excluding hydrogens is 226 g/mol. The topological polar surface area (TPSA) is 96.0 Å². The summed E-state index contributed by atoms with van der Waals surface area (Å²) in [4.78, 5) is 0. The van der Waals surface area contributed by atoms with Crippen molar-refractivity contribution in [1.29, 1.82) is 5.26 Å². The molecule has 0 saturated carbocycles. The molecule has 86 valence electrons. The number of nitrogen functional groups attached to an aromatic ring is 1. The standard InChI is InChI=1S/C10H13N3O2S/c1-8(6-11)16(14,15)13-7-9-2-4-10(12)5-3-9/h2-5,8,13H,7,12H2,1H3. The zero-order valence-electron chi connectivity index (χ0n) is 8.84. The summed E-state index contributed by atoms with van der Waals surface area (Å²) >= 11 is 0. The van der Waals surface area contributed by atoms with Crippen molar-refractivity contribution in [2.75, 3.05) is 5.73 Å². The van der Waals surface area contributed by atoms with Crippen LogP contribution >= 0.6 is 0 Å². The lowest BCUT2D eigenvalue weighted by Gasteiger charge is -2.07. The van der Waals surface area contributed by atoms with Crippen LogP contribution in [0, 0.1) is 11.3 Å². The minimum Gasteiger partial charge on any atom is -0.399 e. The number of anilines is 1. The molecule has 0 aliphatic heterocycles. The third-order valence-corrected chi connectivity index (χ3v) is 3.69. The van der Waals surface area contributed by atoms with Crippen molar-refractivity contribution >= 4 is 15.7 Å². The number of nitrogens with one attached hydrogen (secondary N) is 1. The highest BCUT2D eigenvalue weighted by molar-refractivity contribution is 7.90. The highest BCUT2D eigenvalue weighted by Gasteiger charge is 2.18. The minimum absolute atomic E-state index is 0.161. The highest BCUT2D eigenvalue weighted by atomic mass is 32.2. The lowest BCUT2D eigenvalue weighted by Crippen LogP contribution is -2.31. The van der Waals surface area contributed by atoms with E-state index in [9.17, 15) is 8.42 Å². The number of benzene rings is 1. The van der Waals surface area contributed by atoms with E-state index in [1.54, 1.807) is 30.3 Å². The maximum Gasteiger partial charge on any atom is 0.227 e. The number of hydrogen-bond donors (Lipinski definition) is 2. The first kappa shape index (κ1) is 12.5. The monoisotopic (exact) mass is 239 g/mol. The Bertz CT molecular complexity index is 488. The van der Waals surface area contributed by atoms with E-state index in [0.717, 1.165) is 5.56 Å². The molecule has 0 spiro atoms. The van der Waals surface area contributed by atoms with Crippen molar-refractivity contribution < 1.29 is 8.42 Å². The average Bonchev–Trinajstić information content (AvgIpc) is 2.27. The zero-order valence-corrected chi connectivity index (χ0v) is 9.66. The second-order valence-corrected chi connectivity index (χ2v) is 5.46. The molecule has 0 bridgehead atoms. The van der Waals surface area contributed by atoms with Gasteiger partial charge in [-0.25, -0.2) is 13.1 Å². The van der Waals surface area contributed by atoms with Gasteiger partial charge in [-0.1, -0.05) is 12.1 Å². The first-order valence-electron chi connectivity index (χ1n) is 4.68. The Kier molecular flexibility index (Phi) is 3.88. The van der Waals surface area contributed by atoms with Crippen LogP contribution in [0.4, 0.5) is 5.69 Å². The van der Waals surface area contributed by atoms with Gasteiger partial charge in [-0.05, 0) is 24.6 Å². The van der Waals surface area contributed by atoms with Gasteiger partial charge in [0.15, 0.2) is 5.25 Å². The number of nitrogens with zero attached hydrogens (tertiary/aromatic N) is 1. The van der Waals surface area contributed by atoms with Gasteiger partial charge in [0.2, 0.25) is 10.0 Å². The fourth-order valence-electron chi connectivity index (χ4n) is 1.01. The zero-order chi connectivity index (χ0) is 12.2. The van der Waals surface area contributed by atoms with E-state index in [4.69, 9.17) is 11.0 Å². The summed E-state index contributed by atoms with van der Waals surface area (Å²) in [6, 6.07) is 8.53. The van der Waals surface area contributed by atoms with Gasteiger partial charge in [0, 0.05) is 12.2 Å². The first-order valence-corrected chi connectivity index (χ1v) is 6.23. The molecule has 1 aromatic rings. The molecule has 0 aliphatic carbocycles. The number of nitrogens with two attached hydrogens (primary N) is 1. The van der Waals surface area contributed by atoms with Gasteiger partial charge >= 0.3 is 0 Å². The fourth-order valence-corrected chi connectivity index (χ4v) is 1.77. The summed E-state index contributed by atoms with van der Waals surface area (Å²) in [5.74, 6) is 0. The molecule has 3 N–H and O–H groups in total. The molecule has 16 heavy (non-hydrogen) atoms. The predicted octanol–water partition coefficient (Wildman–Crippen LogP) is 0.600. The van der Waals surface area contributed by atoms with E-state index >= 15 is 0 Å². The summed E-state index contributed by atoms with van der Waals surface area (Å²) in [5.41, 5.74) is 6.91. The van der Waals surface area contributed by atoms with Crippen LogP contribution in [0.2, 0.25) is 0 Å². The Morgan fingerprint density at radius 1 is 1.44 bits per heavy atom. The molecular formula is C10H13N3O2S. The third kappa shape index (κ3) is 3.22. The smallest absolute Gasteiger partial charge is 0.227 e. The molecule has 0 amide bonds. The number of hydrogen-bond acceptors (Lipinski definition) is 4. The Morgan fingerprint density at radius 2 is 2.00 bits per heavy atom. The van der Waals surface area contributed by atoms with E-state index in [1.165, 1.54) is 6.92 Å². The van der Waals surface area contributed by atoms with Gasteiger partial charge in [0.1, 0.15) is 0 Å². The van der Waals surface area contributed by atoms with E-state index in [1.807, 2.05) is 0 Å². The van der Waals surface area contributed by atoms with Gasteiger partial charge in [0.25, 0.3) is 0 Å². The predicted molar refractivity (Wildman–Crippen MR) is 61.7 cm³/mol. The normalized spacial score (nSPS) is 13.0. The third-order valence-electron chi connectivity index (χ3n) is 2.10. The van der Waals surface area contributed by atoms with Crippen LogP contribution < -0.4 is 10.5 Å². The van der Waals surface area contributed by atoms with Crippen LogP contribution in [-0.2, 0) is 16.6 Å². The summed E-state index contributed by atoms with van der Waals surface area (Å²) < 4.78 is 25.2. The lowest BCUT2D eigenvalue weighted by molar-refractivity contribution is 0.577. The molecule has 0 aromatic heterocycles. The molecule has 0 heterocycles. The van der Waals surface area contributed by atoms with Crippen molar-refractivity contribution in [3.05, 3.63) is 29.8 Å². The molecule has 0 fully saturated rings. The van der Waals surface area contributed by atoms with Crippen molar-refractivity contribution in [2.24, 2.45) is 0 Å². The van der Waals surface area contributed by atoms with Crippen molar-refractivity contribution in [2.45, 2.75) is 18.7 Å². The average molecular weight is 239 g/mol. The van der Waals surface area contributed by atoms with Gasteiger partial charge in [0.05, 0.1) is 6.07 Å². The van der Waals surface area contributed by atoms with Gasteiger partial charge in [-0.2, -0.15) is 5.26 Å². The second kappa shape index (κ2) is 4.96. The summed E-state index contributed by atoms with van der Waals surface area (Å²) in [6.07, 6.45) is 0. The van der Waals surface area contributed by atoms with Crippen LogP contribution in [0.5, 0.6) is 0 Å². The molecule has 0 radical (unpaired) electrons. The number of nitriles is 1. The van der Waals surface area contributed by atoms with Crippen LogP contribution in [0.15, 0.2) is 24.3 Å². The summed E-state index contributed by atoms with van der Waals surface area (Å²) in [5, 5.41) is 7.46. The van der Waals surface area contributed by atoms with Crippen molar-refractivity contribution in [3.8, 4) is 6.07 Å². The lowest BCUT2D eigenvalue weighted by atomic mass is 10.2. The van der Waals surface area contributed by atoms with Gasteiger partial charge in [-0.15, -0.1) is 0 Å². The Morgan fingerprint density at radius 3 is 2.50 bits per heavy atom. The van der Waals surface area contributed by atoms with Crippen LogP contribution in [0.1, 0.15) is 12.5 Å². The second-order valence-electron chi connectivity index (χ2n) is 3.38. The number of sulfonamides is 1. The molecule has 1 unspecified atom stereocenters. The SMILES string of the molecule is CC(C#N)S(=O)(=O)NCc1ccc(N)cc1. The molecule has 5 nitrogen and oxygen atoms in total. The maximum absolute atomic E-state index is 11.4. The maximum atomic E-state index is 11.4. The van der Waals surface area contributed by atoms with E-state index in [0.29, 0.717) is 5.69 Å². The van der Waals surface area contributed by atoms with E-state index < -0.39 is 15.3 Å². The fraction of sp³-hybridized carbons (Fsp3) is 0.300. The summed E-state index contributed by atoms with van der Waals surface area (Å²) in [7, 11) is -3.56. The summed E-state index contributed by atoms with van der Waals surface area (Å²) in [6.45, 7) is 1.50. The van der Waals surface area contributed by atoms with Crippen LogP contribution in [0.25, 0.3) is 0 Å². The van der Waals surface area contributed by atoms with Crippen LogP contribution in [-0.4, -0.2) is 13.7 Å². The molecule has 6 heteroatoms. The Hall–Kier alpha value is -1.58. The van der Waals surface area contributed by atoms with Gasteiger partial charge < -0.3 is 5.73 Å². The van der Waals surface area contributed by atoms with E-state index in [2.05, 4.69) is 4.72 Å². The van der Waals surface area contributed by atoms with Gasteiger partial charge in [-0.3, -0.25) is 0 Å². The molecule has 1 aromatic carbocycles. The van der Waals surface area contributed by atoms with Crippen molar-refractivity contribution in [3.63, 3.8) is 0 Å². The quantitative estimate of drug-likeness (QED) is 0.752. The molecule has 1 rings (SSSR count). The first-order chi connectivity index (χ1) is 7.45. The highest BCUT2D eigenvalue weighted by Crippen LogP contribution is 2.06. The largest absolute Gasteiger partial charge is 0.399 e. The number of rotatable bonds is 4. The van der Waals surface area contributed by atoms with Crippen LogP contribution in [0.3, 0.4) is 0 Å².